The average Bonchev–Trinajstić information content (AvgIpc) is 2.71. The molecule has 17 heavy (non-hydrogen) atoms. The Morgan fingerprint density at radius 2 is 2.29 bits per heavy atom. The van der Waals surface area contributed by atoms with E-state index < -0.39 is 5.97 Å². The zero-order valence-electron chi connectivity index (χ0n) is 8.92. The summed E-state index contributed by atoms with van der Waals surface area (Å²) in [7, 11) is 1.27. The second-order valence-corrected chi connectivity index (χ2v) is 3.64. The predicted molar refractivity (Wildman–Crippen MR) is 62.1 cm³/mol. The first-order chi connectivity index (χ1) is 8.11. The summed E-state index contributed by atoms with van der Waals surface area (Å²) in [5, 5.41) is 4.51. The van der Waals surface area contributed by atoms with Crippen LogP contribution in [0.15, 0.2) is 24.5 Å². The van der Waals surface area contributed by atoms with Crippen LogP contribution in [0.3, 0.4) is 0 Å². The average molecular weight is 253 g/mol. The second-order valence-electron chi connectivity index (χ2n) is 3.20. The SMILES string of the molecule is COC(=O)c1nn(-c2ccc(Cl)cn2)cc1N. The van der Waals surface area contributed by atoms with Crippen LogP contribution < -0.4 is 5.73 Å². The van der Waals surface area contributed by atoms with Gasteiger partial charge in [-0.05, 0) is 12.1 Å². The molecule has 0 radical (unpaired) electrons. The fourth-order valence-corrected chi connectivity index (χ4v) is 1.38. The molecule has 6 nitrogen and oxygen atoms in total. The summed E-state index contributed by atoms with van der Waals surface area (Å²) in [5.41, 5.74) is 5.94. The Balaban J connectivity index is 2.41. The van der Waals surface area contributed by atoms with E-state index in [0.29, 0.717) is 10.8 Å². The van der Waals surface area contributed by atoms with E-state index in [0.717, 1.165) is 0 Å². The van der Waals surface area contributed by atoms with Crippen LogP contribution in [0.2, 0.25) is 5.02 Å². The lowest BCUT2D eigenvalue weighted by Gasteiger charge is -1.98. The summed E-state index contributed by atoms with van der Waals surface area (Å²) < 4.78 is 5.94. The lowest BCUT2D eigenvalue weighted by Crippen LogP contribution is -2.06. The summed E-state index contributed by atoms with van der Waals surface area (Å²) in [6, 6.07) is 3.33. The molecule has 2 aromatic rings. The Bertz CT molecular complexity index is 550. The summed E-state index contributed by atoms with van der Waals surface area (Å²) >= 11 is 5.72. The number of nitrogen functional groups attached to an aromatic ring is 1. The van der Waals surface area contributed by atoms with Gasteiger partial charge in [0.2, 0.25) is 0 Å². The molecule has 0 unspecified atom stereocenters. The highest BCUT2D eigenvalue weighted by atomic mass is 35.5. The number of carbonyl (C=O) groups is 1. The van der Waals surface area contributed by atoms with E-state index in [-0.39, 0.29) is 11.4 Å². The molecule has 0 aliphatic carbocycles. The highest BCUT2D eigenvalue weighted by molar-refractivity contribution is 6.30. The molecule has 0 amide bonds. The van der Waals surface area contributed by atoms with Crippen molar-refractivity contribution in [1.29, 1.82) is 0 Å². The quantitative estimate of drug-likeness (QED) is 0.815. The largest absolute Gasteiger partial charge is 0.464 e. The van der Waals surface area contributed by atoms with Crippen molar-refractivity contribution in [1.82, 2.24) is 14.8 Å². The van der Waals surface area contributed by atoms with Gasteiger partial charge in [-0.2, -0.15) is 5.10 Å². The minimum atomic E-state index is -0.588. The van der Waals surface area contributed by atoms with Crippen molar-refractivity contribution < 1.29 is 9.53 Å². The molecule has 0 saturated heterocycles. The van der Waals surface area contributed by atoms with Crippen molar-refractivity contribution in [2.45, 2.75) is 0 Å². The molecular weight excluding hydrogens is 244 g/mol. The molecule has 2 N–H and O–H groups in total. The van der Waals surface area contributed by atoms with Crippen LogP contribution in [0.4, 0.5) is 5.69 Å². The molecule has 2 aromatic heterocycles. The number of esters is 1. The van der Waals surface area contributed by atoms with Crippen LogP contribution >= 0.6 is 11.6 Å². The fraction of sp³-hybridized carbons (Fsp3) is 0.100. The van der Waals surface area contributed by atoms with E-state index in [9.17, 15) is 4.79 Å². The number of aromatic nitrogens is 3. The fourth-order valence-electron chi connectivity index (χ4n) is 1.26. The van der Waals surface area contributed by atoms with Crippen molar-refractivity contribution in [3.05, 3.63) is 35.2 Å². The van der Waals surface area contributed by atoms with Gasteiger partial charge >= 0.3 is 5.97 Å². The number of hydrogen-bond acceptors (Lipinski definition) is 5. The van der Waals surface area contributed by atoms with Crippen molar-refractivity contribution in [2.75, 3.05) is 12.8 Å². The second kappa shape index (κ2) is 4.42. The lowest BCUT2D eigenvalue weighted by atomic mass is 10.4. The number of halogens is 1. The molecule has 0 fully saturated rings. The predicted octanol–water partition coefficient (Wildman–Crippen LogP) is 1.29. The number of ether oxygens (including phenoxy) is 1. The van der Waals surface area contributed by atoms with Gasteiger partial charge in [0.15, 0.2) is 11.5 Å². The topological polar surface area (TPSA) is 83.0 Å². The zero-order chi connectivity index (χ0) is 12.4. The zero-order valence-corrected chi connectivity index (χ0v) is 9.68. The van der Waals surface area contributed by atoms with E-state index in [2.05, 4.69) is 14.8 Å². The number of carbonyl (C=O) groups excluding carboxylic acids is 1. The first-order valence-electron chi connectivity index (χ1n) is 4.67. The van der Waals surface area contributed by atoms with Gasteiger partial charge in [0.1, 0.15) is 0 Å². The molecule has 0 atom stereocenters. The number of rotatable bonds is 2. The normalized spacial score (nSPS) is 10.2. The van der Waals surface area contributed by atoms with Gasteiger partial charge in [-0.15, -0.1) is 0 Å². The molecule has 7 heteroatoms. The van der Waals surface area contributed by atoms with Gasteiger partial charge in [0.05, 0.1) is 24.0 Å². The molecule has 2 heterocycles. The van der Waals surface area contributed by atoms with Crippen LogP contribution in [-0.4, -0.2) is 27.8 Å². The third-order valence-electron chi connectivity index (χ3n) is 2.07. The highest BCUT2D eigenvalue weighted by Gasteiger charge is 2.15. The smallest absolute Gasteiger partial charge is 0.360 e. The summed E-state index contributed by atoms with van der Waals surface area (Å²) in [6.07, 6.45) is 2.97. The third kappa shape index (κ3) is 2.21. The lowest BCUT2D eigenvalue weighted by molar-refractivity contribution is 0.0594. The number of hydrogen-bond donors (Lipinski definition) is 1. The van der Waals surface area contributed by atoms with Crippen LogP contribution in [0, 0.1) is 0 Å². The maximum absolute atomic E-state index is 11.3. The minimum Gasteiger partial charge on any atom is -0.464 e. The Labute approximate surface area is 102 Å². The van der Waals surface area contributed by atoms with Crippen LogP contribution in [0.25, 0.3) is 5.82 Å². The Morgan fingerprint density at radius 1 is 1.53 bits per heavy atom. The first kappa shape index (κ1) is 11.4. The van der Waals surface area contributed by atoms with Gasteiger partial charge in [-0.1, -0.05) is 11.6 Å². The summed E-state index contributed by atoms with van der Waals surface area (Å²) in [5.74, 6) is -0.0773. The molecule has 0 saturated carbocycles. The maximum atomic E-state index is 11.3. The van der Waals surface area contributed by atoms with Gasteiger partial charge in [0, 0.05) is 6.20 Å². The Hall–Kier alpha value is -2.08. The maximum Gasteiger partial charge on any atom is 0.360 e. The van der Waals surface area contributed by atoms with Crippen LogP contribution in [-0.2, 0) is 4.74 Å². The van der Waals surface area contributed by atoms with Gasteiger partial charge < -0.3 is 10.5 Å². The summed E-state index contributed by atoms with van der Waals surface area (Å²) in [4.78, 5) is 15.4. The minimum absolute atomic E-state index is 0.0595. The first-order valence-corrected chi connectivity index (χ1v) is 5.05. The highest BCUT2D eigenvalue weighted by Crippen LogP contribution is 2.15. The number of methoxy groups -OCH3 is 1. The number of nitrogens with zero attached hydrogens (tertiary/aromatic N) is 3. The van der Waals surface area contributed by atoms with Crippen LogP contribution in [0.5, 0.6) is 0 Å². The summed E-state index contributed by atoms with van der Waals surface area (Å²) in [6.45, 7) is 0. The molecule has 0 aromatic carbocycles. The van der Waals surface area contributed by atoms with Gasteiger partial charge in [-0.3, -0.25) is 0 Å². The van der Waals surface area contributed by atoms with Crippen molar-refractivity contribution >= 4 is 23.3 Å². The third-order valence-corrected chi connectivity index (χ3v) is 2.29. The monoisotopic (exact) mass is 252 g/mol. The van der Waals surface area contributed by atoms with Crippen molar-refractivity contribution in [3.8, 4) is 5.82 Å². The molecule has 0 aliphatic heterocycles. The van der Waals surface area contributed by atoms with Crippen molar-refractivity contribution in [2.24, 2.45) is 0 Å². The number of anilines is 1. The molecular formula is C10H9ClN4O2. The standard InChI is InChI=1S/C10H9ClN4O2/c1-17-10(16)9-7(12)5-15(14-9)8-3-2-6(11)4-13-8/h2-5H,12H2,1H3. The molecule has 0 spiro atoms. The molecule has 0 bridgehead atoms. The van der Waals surface area contributed by atoms with E-state index in [4.69, 9.17) is 17.3 Å². The van der Waals surface area contributed by atoms with E-state index in [1.165, 1.54) is 24.2 Å². The number of pyridine rings is 1. The Kier molecular flexibility index (Phi) is 2.97. The van der Waals surface area contributed by atoms with Crippen molar-refractivity contribution in [3.63, 3.8) is 0 Å². The van der Waals surface area contributed by atoms with E-state index >= 15 is 0 Å². The van der Waals surface area contributed by atoms with E-state index in [1.807, 2.05) is 0 Å². The Morgan fingerprint density at radius 3 is 2.88 bits per heavy atom. The number of nitrogens with two attached hydrogens (primary N) is 1. The van der Waals surface area contributed by atoms with Crippen LogP contribution in [0.1, 0.15) is 10.5 Å². The molecule has 0 aliphatic rings. The van der Waals surface area contributed by atoms with E-state index in [1.54, 1.807) is 12.1 Å². The molecule has 2 rings (SSSR count). The van der Waals surface area contributed by atoms with Gasteiger partial charge in [-0.25, -0.2) is 14.5 Å². The molecule has 88 valence electrons. The van der Waals surface area contributed by atoms with Gasteiger partial charge in [0.25, 0.3) is 0 Å².